The van der Waals surface area contributed by atoms with Gasteiger partial charge in [0, 0.05) is 11.5 Å². The fraction of sp³-hybridized carbons (Fsp3) is 0.267. The van der Waals surface area contributed by atoms with Gasteiger partial charge in [0.25, 0.3) is 0 Å². The third-order valence-corrected chi connectivity index (χ3v) is 3.52. The Morgan fingerprint density at radius 3 is 2.81 bits per heavy atom. The van der Waals surface area contributed by atoms with Crippen LogP contribution in [0.5, 0.6) is 0 Å². The van der Waals surface area contributed by atoms with Crippen molar-refractivity contribution < 1.29 is 4.39 Å². The Balaban J connectivity index is 2.02. The van der Waals surface area contributed by atoms with Gasteiger partial charge in [0.15, 0.2) is 0 Å². The van der Waals surface area contributed by atoms with E-state index in [1.165, 1.54) is 6.07 Å². The minimum atomic E-state index is -0.565. The van der Waals surface area contributed by atoms with Gasteiger partial charge in [-0.15, -0.1) is 0 Å². The van der Waals surface area contributed by atoms with Crippen LogP contribution in [0, 0.1) is 24.1 Å². The maximum atomic E-state index is 13.6. The van der Waals surface area contributed by atoms with Gasteiger partial charge in [-0.25, -0.2) is 14.4 Å². The molecule has 0 aliphatic heterocycles. The third kappa shape index (κ3) is 2.50. The maximum absolute atomic E-state index is 13.6. The molecule has 2 aromatic rings. The topological polar surface area (TPSA) is 87.6 Å². The first kappa shape index (κ1) is 13.3. The number of aromatic nitrogens is 2. The van der Waals surface area contributed by atoms with Crippen molar-refractivity contribution in [1.82, 2.24) is 9.97 Å². The van der Waals surface area contributed by atoms with Crippen LogP contribution in [-0.4, -0.2) is 9.97 Å². The average molecular weight is 283 g/mol. The number of nitrogens with one attached hydrogen (secondary N) is 1. The molecule has 0 amide bonds. The minimum Gasteiger partial charge on any atom is -0.383 e. The predicted octanol–water partition coefficient (Wildman–Crippen LogP) is 3.00. The van der Waals surface area contributed by atoms with Gasteiger partial charge in [0.2, 0.25) is 0 Å². The highest BCUT2D eigenvalue weighted by Crippen LogP contribution is 2.39. The van der Waals surface area contributed by atoms with E-state index in [0.29, 0.717) is 34.6 Å². The van der Waals surface area contributed by atoms with E-state index in [1.807, 2.05) is 6.07 Å². The lowest BCUT2D eigenvalue weighted by Crippen LogP contribution is -2.07. The number of nitrogen functional groups attached to an aromatic ring is 1. The summed E-state index contributed by atoms with van der Waals surface area (Å²) in [5, 5.41) is 12.1. The zero-order chi connectivity index (χ0) is 15.0. The number of nitriles is 1. The number of nitrogens with zero attached hydrogens (tertiary/aromatic N) is 3. The zero-order valence-electron chi connectivity index (χ0n) is 11.5. The number of anilines is 3. The molecule has 1 heterocycles. The molecule has 0 radical (unpaired) electrons. The van der Waals surface area contributed by atoms with Crippen molar-refractivity contribution in [3.8, 4) is 6.07 Å². The number of benzene rings is 1. The Labute approximate surface area is 121 Å². The molecule has 1 aromatic carbocycles. The number of hydrogen-bond acceptors (Lipinski definition) is 5. The Morgan fingerprint density at radius 2 is 2.14 bits per heavy atom. The smallest absolute Gasteiger partial charge is 0.143 e. The molecular formula is C15H14FN5. The summed E-state index contributed by atoms with van der Waals surface area (Å²) in [6.07, 6.45) is 2.12. The Morgan fingerprint density at radius 1 is 1.38 bits per heavy atom. The van der Waals surface area contributed by atoms with Gasteiger partial charge in [-0.1, -0.05) is 6.07 Å². The lowest BCUT2D eigenvalue weighted by Gasteiger charge is -2.13. The van der Waals surface area contributed by atoms with Crippen LogP contribution in [0.2, 0.25) is 0 Å². The van der Waals surface area contributed by atoms with Crippen LogP contribution in [0.4, 0.5) is 21.7 Å². The summed E-state index contributed by atoms with van der Waals surface area (Å²) in [5.41, 5.74) is 6.93. The van der Waals surface area contributed by atoms with Gasteiger partial charge < -0.3 is 11.1 Å². The molecule has 1 aromatic heterocycles. The molecule has 1 aliphatic rings. The second kappa shape index (κ2) is 5.02. The average Bonchev–Trinajstić information content (AvgIpc) is 3.28. The van der Waals surface area contributed by atoms with Crippen LogP contribution in [-0.2, 0) is 0 Å². The number of nitrogens with two attached hydrogens (primary N) is 1. The summed E-state index contributed by atoms with van der Waals surface area (Å²) in [6.45, 7) is 1.79. The molecule has 0 atom stereocenters. The Kier molecular flexibility index (Phi) is 3.18. The molecule has 106 valence electrons. The summed E-state index contributed by atoms with van der Waals surface area (Å²) in [7, 11) is 0. The normalized spacial score (nSPS) is 13.8. The molecule has 0 spiro atoms. The molecular weight excluding hydrogens is 269 g/mol. The molecule has 0 saturated heterocycles. The number of halogens is 1. The quantitative estimate of drug-likeness (QED) is 0.904. The van der Waals surface area contributed by atoms with Crippen molar-refractivity contribution in [2.45, 2.75) is 25.7 Å². The van der Waals surface area contributed by atoms with Crippen LogP contribution in [0.1, 0.15) is 35.7 Å². The van der Waals surface area contributed by atoms with Crippen molar-refractivity contribution in [3.05, 3.63) is 41.0 Å². The summed E-state index contributed by atoms with van der Waals surface area (Å²) in [4.78, 5) is 8.75. The Bertz CT molecular complexity index is 746. The summed E-state index contributed by atoms with van der Waals surface area (Å²) in [6, 6.07) is 6.28. The molecule has 3 rings (SSSR count). The highest BCUT2D eigenvalue weighted by atomic mass is 19.1. The minimum absolute atomic E-state index is 0.0398. The van der Waals surface area contributed by atoms with Crippen LogP contribution in [0.25, 0.3) is 0 Å². The zero-order valence-corrected chi connectivity index (χ0v) is 11.5. The number of hydrogen-bond donors (Lipinski definition) is 2. The molecule has 3 N–H and O–H groups in total. The van der Waals surface area contributed by atoms with Crippen molar-refractivity contribution in [1.29, 1.82) is 5.26 Å². The van der Waals surface area contributed by atoms with Crippen molar-refractivity contribution >= 4 is 17.3 Å². The molecule has 5 nitrogen and oxygen atoms in total. The highest BCUT2D eigenvalue weighted by Gasteiger charge is 2.28. The first-order chi connectivity index (χ1) is 10.1. The van der Waals surface area contributed by atoms with Crippen molar-refractivity contribution in [2.75, 3.05) is 11.1 Å². The summed E-state index contributed by atoms with van der Waals surface area (Å²) < 4.78 is 13.6. The monoisotopic (exact) mass is 283 g/mol. The molecule has 1 fully saturated rings. The largest absolute Gasteiger partial charge is 0.383 e. The molecule has 1 saturated carbocycles. The van der Waals surface area contributed by atoms with E-state index < -0.39 is 5.82 Å². The lowest BCUT2D eigenvalue weighted by atomic mass is 10.1. The van der Waals surface area contributed by atoms with Gasteiger partial charge in [-0.2, -0.15) is 5.26 Å². The van der Waals surface area contributed by atoms with E-state index >= 15 is 0 Å². The van der Waals surface area contributed by atoms with E-state index in [-0.39, 0.29) is 5.56 Å². The van der Waals surface area contributed by atoms with E-state index in [9.17, 15) is 4.39 Å². The van der Waals surface area contributed by atoms with E-state index in [2.05, 4.69) is 15.3 Å². The molecule has 21 heavy (non-hydrogen) atoms. The van der Waals surface area contributed by atoms with Gasteiger partial charge in [-0.05, 0) is 31.9 Å². The Hall–Kier alpha value is -2.68. The van der Waals surface area contributed by atoms with E-state index in [1.54, 1.807) is 19.1 Å². The molecule has 0 unspecified atom stereocenters. The van der Waals surface area contributed by atoms with E-state index in [0.717, 1.165) is 12.8 Å². The maximum Gasteiger partial charge on any atom is 0.143 e. The van der Waals surface area contributed by atoms with Gasteiger partial charge >= 0.3 is 0 Å². The second-order valence-electron chi connectivity index (χ2n) is 5.11. The SMILES string of the molecule is Cc1c(N)nc(C2CC2)nc1Nc1cccc(F)c1C#N. The fourth-order valence-corrected chi connectivity index (χ4v) is 2.07. The van der Waals surface area contributed by atoms with Crippen LogP contribution in [0.15, 0.2) is 18.2 Å². The second-order valence-corrected chi connectivity index (χ2v) is 5.11. The third-order valence-electron chi connectivity index (χ3n) is 3.52. The standard InChI is InChI=1S/C15H14FN5/c1-8-13(18)20-15(9-5-6-9)21-14(8)19-12-4-2-3-11(16)10(12)7-17/h2-4,9H,5-6H2,1H3,(H3,18,19,20,21). The predicted molar refractivity (Wildman–Crippen MR) is 77.6 cm³/mol. The van der Waals surface area contributed by atoms with Crippen LogP contribution >= 0.6 is 0 Å². The first-order valence-electron chi connectivity index (χ1n) is 6.69. The van der Waals surface area contributed by atoms with Gasteiger partial charge in [-0.3, -0.25) is 0 Å². The molecule has 1 aliphatic carbocycles. The van der Waals surface area contributed by atoms with Crippen molar-refractivity contribution in [2.24, 2.45) is 0 Å². The highest BCUT2D eigenvalue weighted by molar-refractivity contribution is 5.68. The van der Waals surface area contributed by atoms with Crippen LogP contribution in [0.3, 0.4) is 0 Å². The summed E-state index contributed by atoms with van der Waals surface area (Å²) >= 11 is 0. The van der Waals surface area contributed by atoms with Crippen molar-refractivity contribution in [3.63, 3.8) is 0 Å². The lowest BCUT2D eigenvalue weighted by molar-refractivity contribution is 0.624. The first-order valence-corrected chi connectivity index (χ1v) is 6.69. The van der Waals surface area contributed by atoms with Gasteiger partial charge in [0.05, 0.1) is 5.69 Å². The number of rotatable bonds is 3. The van der Waals surface area contributed by atoms with E-state index in [4.69, 9.17) is 11.0 Å². The summed E-state index contributed by atoms with van der Waals surface area (Å²) in [5.74, 6) is 1.42. The van der Waals surface area contributed by atoms with Gasteiger partial charge in [0.1, 0.15) is 34.9 Å². The van der Waals surface area contributed by atoms with Crippen LogP contribution < -0.4 is 11.1 Å². The fourth-order valence-electron chi connectivity index (χ4n) is 2.07. The molecule has 0 bridgehead atoms. The molecule has 6 heteroatoms.